The van der Waals surface area contributed by atoms with Gasteiger partial charge in [-0.2, -0.15) is 5.26 Å². The second-order valence-electron chi connectivity index (χ2n) is 5.93. The molecule has 0 spiro atoms. The van der Waals surface area contributed by atoms with Gasteiger partial charge in [-0.1, -0.05) is 6.07 Å². The van der Waals surface area contributed by atoms with Crippen molar-refractivity contribution in [3.05, 3.63) is 45.9 Å². The van der Waals surface area contributed by atoms with Crippen LogP contribution < -0.4 is 15.0 Å². The van der Waals surface area contributed by atoms with Crippen molar-refractivity contribution >= 4 is 0 Å². The first kappa shape index (κ1) is 18.6. The van der Waals surface area contributed by atoms with Crippen molar-refractivity contribution in [1.29, 1.82) is 5.26 Å². The summed E-state index contributed by atoms with van der Waals surface area (Å²) in [6.45, 7) is 5.51. The number of nitrogens with one attached hydrogen (secondary N) is 1. The van der Waals surface area contributed by atoms with Crippen LogP contribution >= 0.6 is 0 Å². The number of benzene rings is 1. The molecule has 0 aliphatic carbocycles. The largest absolute Gasteiger partial charge is 0.490 e. The summed E-state index contributed by atoms with van der Waals surface area (Å²) in [5.74, 6) is 1.24. The molecule has 0 bridgehead atoms. The predicted octanol–water partition coefficient (Wildman–Crippen LogP) is 2.56. The molecular formula is C19H23N3O3. The van der Waals surface area contributed by atoms with Crippen LogP contribution in [0.5, 0.6) is 11.5 Å². The van der Waals surface area contributed by atoms with Crippen LogP contribution in [0.2, 0.25) is 0 Å². The zero-order valence-corrected chi connectivity index (χ0v) is 15.0. The SMILES string of the molecule is CCOc1cc(-c2cc(C)[nH]c(=O)c2C#N)ccc1OCCN(C)C. The Morgan fingerprint density at radius 3 is 2.60 bits per heavy atom. The number of ether oxygens (including phenoxy) is 2. The highest BCUT2D eigenvalue weighted by Crippen LogP contribution is 2.33. The summed E-state index contributed by atoms with van der Waals surface area (Å²) in [7, 11) is 3.96. The molecule has 0 aliphatic rings. The minimum Gasteiger partial charge on any atom is -0.490 e. The van der Waals surface area contributed by atoms with Gasteiger partial charge in [0.1, 0.15) is 18.2 Å². The molecule has 1 aromatic heterocycles. The molecular weight excluding hydrogens is 318 g/mol. The summed E-state index contributed by atoms with van der Waals surface area (Å²) in [5, 5.41) is 9.32. The number of pyridine rings is 1. The molecule has 0 fully saturated rings. The predicted molar refractivity (Wildman–Crippen MR) is 97.2 cm³/mol. The molecule has 132 valence electrons. The Labute approximate surface area is 147 Å². The van der Waals surface area contributed by atoms with Crippen molar-refractivity contribution in [1.82, 2.24) is 9.88 Å². The molecule has 25 heavy (non-hydrogen) atoms. The van der Waals surface area contributed by atoms with Gasteiger partial charge >= 0.3 is 0 Å². The topological polar surface area (TPSA) is 78.3 Å². The first-order chi connectivity index (χ1) is 12.0. The van der Waals surface area contributed by atoms with Gasteiger partial charge in [0.15, 0.2) is 11.5 Å². The second-order valence-corrected chi connectivity index (χ2v) is 5.93. The number of likely N-dealkylation sites (N-methyl/N-ethyl adjacent to an activating group) is 1. The van der Waals surface area contributed by atoms with E-state index >= 15 is 0 Å². The molecule has 0 saturated heterocycles. The lowest BCUT2D eigenvalue weighted by Gasteiger charge is -2.15. The fourth-order valence-corrected chi connectivity index (χ4v) is 2.43. The Morgan fingerprint density at radius 1 is 1.20 bits per heavy atom. The molecule has 0 amide bonds. The first-order valence-corrected chi connectivity index (χ1v) is 8.15. The van der Waals surface area contributed by atoms with E-state index in [4.69, 9.17) is 9.47 Å². The molecule has 0 saturated carbocycles. The van der Waals surface area contributed by atoms with E-state index in [2.05, 4.69) is 4.98 Å². The minimum absolute atomic E-state index is 0.0920. The number of nitrogens with zero attached hydrogens (tertiary/aromatic N) is 2. The first-order valence-electron chi connectivity index (χ1n) is 8.15. The van der Waals surface area contributed by atoms with Crippen molar-refractivity contribution in [2.75, 3.05) is 33.9 Å². The fraction of sp³-hybridized carbons (Fsp3) is 0.368. The van der Waals surface area contributed by atoms with E-state index < -0.39 is 0 Å². The standard InChI is InChI=1S/C19H23N3O3/c1-5-24-18-11-14(6-7-17(18)25-9-8-22(3)4)15-10-13(2)21-19(23)16(15)12-20/h6-7,10-11H,5,8-9H2,1-4H3,(H,21,23). The highest BCUT2D eigenvalue weighted by molar-refractivity contribution is 5.72. The normalized spacial score (nSPS) is 10.6. The van der Waals surface area contributed by atoms with Gasteiger partial charge in [0, 0.05) is 17.8 Å². The smallest absolute Gasteiger partial charge is 0.266 e. The van der Waals surface area contributed by atoms with Crippen LogP contribution in [0.4, 0.5) is 0 Å². The summed E-state index contributed by atoms with van der Waals surface area (Å²) < 4.78 is 11.5. The molecule has 2 aromatic rings. The van der Waals surface area contributed by atoms with Crippen molar-refractivity contribution in [2.45, 2.75) is 13.8 Å². The van der Waals surface area contributed by atoms with Crippen LogP contribution in [0.25, 0.3) is 11.1 Å². The number of aromatic nitrogens is 1. The maximum Gasteiger partial charge on any atom is 0.266 e. The van der Waals surface area contributed by atoms with E-state index in [0.717, 1.165) is 12.1 Å². The van der Waals surface area contributed by atoms with E-state index in [9.17, 15) is 10.1 Å². The lowest BCUT2D eigenvalue weighted by Crippen LogP contribution is -2.19. The van der Waals surface area contributed by atoms with Gasteiger partial charge in [0.2, 0.25) is 0 Å². The van der Waals surface area contributed by atoms with Crippen molar-refractivity contribution in [3.8, 4) is 28.7 Å². The number of hydrogen-bond donors (Lipinski definition) is 1. The molecule has 0 atom stereocenters. The van der Waals surface area contributed by atoms with Crippen LogP contribution in [-0.4, -0.2) is 43.7 Å². The molecule has 6 nitrogen and oxygen atoms in total. The summed E-state index contributed by atoms with van der Waals surface area (Å²) in [6.07, 6.45) is 0. The molecule has 0 radical (unpaired) electrons. The number of aromatic amines is 1. The van der Waals surface area contributed by atoms with Crippen molar-refractivity contribution in [2.24, 2.45) is 0 Å². The van der Waals surface area contributed by atoms with Gasteiger partial charge in [0.25, 0.3) is 5.56 Å². The molecule has 6 heteroatoms. The lowest BCUT2D eigenvalue weighted by atomic mass is 10.0. The average molecular weight is 341 g/mol. The van der Waals surface area contributed by atoms with E-state index in [1.54, 1.807) is 13.0 Å². The Morgan fingerprint density at radius 2 is 1.96 bits per heavy atom. The third-order valence-corrected chi connectivity index (χ3v) is 3.63. The molecule has 1 N–H and O–H groups in total. The number of nitriles is 1. The van der Waals surface area contributed by atoms with Crippen LogP contribution in [0.15, 0.2) is 29.1 Å². The van der Waals surface area contributed by atoms with Crippen molar-refractivity contribution in [3.63, 3.8) is 0 Å². The maximum atomic E-state index is 12.0. The van der Waals surface area contributed by atoms with E-state index in [0.29, 0.717) is 36.0 Å². The Kier molecular flexibility index (Phi) is 6.20. The monoisotopic (exact) mass is 341 g/mol. The maximum absolute atomic E-state index is 12.0. The third kappa shape index (κ3) is 4.61. The Hall–Kier alpha value is -2.78. The number of hydrogen-bond acceptors (Lipinski definition) is 5. The Bertz CT molecular complexity index is 835. The molecule has 0 aliphatic heterocycles. The summed E-state index contributed by atoms with van der Waals surface area (Å²) in [4.78, 5) is 16.7. The van der Waals surface area contributed by atoms with Crippen LogP contribution in [0.3, 0.4) is 0 Å². The summed E-state index contributed by atoms with van der Waals surface area (Å²) in [5.41, 5.74) is 1.73. The fourth-order valence-electron chi connectivity index (χ4n) is 2.43. The van der Waals surface area contributed by atoms with Gasteiger partial charge in [-0.15, -0.1) is 0 Å². The van der Waals surface area contributed by atoms with Gasteiger partial charge in [-0.3, -0.25) is 4.79 Å². The van der Waals surface area contributed by atoms with Gasteiger partial charge < -0.3 is 19.4 Å². The van der Waals surface area contributed by atoms with Gasteiger partial charge in [0.05, 0.1) is 6.61 Å². The van der Waals surface area contributed by atoms with Gasteiger partial charge in [-0.25, -0.2) is 0 Å². The quantitative estimate of drug-likeness (QED) is 0.837. The van der Waals surface area contributed by atoms with Crippen molar-refractivity contribution < 1.29 is 9.47 Å². The van der Waals surface area contributed by atoms with Crippen LogP contribution in [-0.2, 0) is 0 Å². The zero-order chi connectivity index (χ0) is 18.4. The van der Waals surface area contributed by atoms with E-state index in [1.807, 2.05) is 50.2 Å². The number of H-pyrrole nitrogens is 1. The summed E-state index contributed by atoms with van der Waals surface area (Å²) in [6, 6.07) is 9.23. The molecule has 2 rings (SSSR count). The second kappa shape index (κ2) is 8.36. The molecule has 0 unspecified atom stereocenters. The van der Waals surface area contributed by atoms with E-state index in [1.165, 1.54) is 0 Å². The third-order valence-electron chi connectivity index (χ3n) is 3.63. The van der Waals surface area contributed by atoms with Gasteiger partial charge in [-0.05, 0) is 51.7 Å². The lowest BCUT2D eigenvalue weighted by molar-refractivity contribution is 0.244. The van der Waals surface area contributed by atoms with Crippen LogP contribution in [0, 0.1) is 18.3 Å². The van der Waals surface area contributed by atoms with E-state index in [-0.39, 0.29) is 11.1 Å². The highest BCUT2D eigenvalue weighted by Gasteiger charge is 2.13. The molecule has 1 heterocycles. The number of rotatable bonds is 7. The Balaban J connectivity index is 2.43. The average Bonchev–Trinajstić information content (AvgIpc) is 2.55. The van der Waals surface area contributed by atoms with Crippen LogP contribution in [0.1, 0.15) is 18.2 Å². The summed E-state index contributed by atoms with van der Waals surface area (Å²) >= 11 is 0. The highest BCUT2D eigenvalue weighted by atomic mass is 16.5. The molecule has 1 aromatic carbocycles. The minimum atomic E-state index is -0.387. The number of aryl methyl sites for hydroxylation is 1. The zero-order valence-electron chi connectivity index (χ0n) is 15.0.